The van der Waals surface area contributed by atoms with Gasteiger partial charge in [0.1, 0.15) is 0 Å². The number of hydrogen-bond donors (Lipinski definition) is 1. The Morgan fingerprint density at radius 1 is 1.19 bits per heavy atom. The minimum absolute atomic E-state index is 0.0742. The summed E-state index contributed by atoms with van der Waals surface area (Å²) in [5.74, 6) is -0.0845. The molecule has 0 unspecified atom stereocenters. The molecule has 0 fully saturated rings. The van der Waals surface area contributed by atoms with Gasteiger partial charge in [0.15, 0.2) is 29.7 Å². The second kappa shape index (κ2) is 10.2. The molecule has 0 atom stereocenters. The number of aromatic nitrogens is 4. The van der Waals surface area contributed by atoms with Crippen molar-refractivity contribution in [1.29, 1.82) is 0 Å². The zero-order chi connectivity index (χ0) is 22.2. The first-order chi connectivity index (χ1) is 15.1. The van der Waals surface area contributed by atoms with Crippen LogP contribution in [-0.4, -0.2) is 46.3 Å². The molecule has 0 radical (unpaired) electrons. The van der Waals surface area contributed by atoms with Crippen molar-refractivity contribution in [3.63, 3.8) is 0 Å². The highest BCUT2D eigenvalue weighted by Crippen LogP contribution is 2.34. The molecule has 164 valence electrons. The van der Waals surface area contributed by atoms with Crippen LogP contribution in [-0.2, 0) is 17.9 Å². The zero-order valence-electron chi connectivity index (χ0n) is 17.5. The van der Waals surface area contributed by atoms with Crippen molar-refractivity contribution in [3.05, 3.63) is 47.7 Å². The standard InChI is InChI=1S/C20H23N5O6/c1-4-5-8-25-18(22-23-24-25)12-31-20(27)13-10-16(28-2)17(29-3)11-14(13)21-19(26)15-7-6-9-30-15/h6-7,9-11H,4-5,8,12H2,1-3H3,(H,21,26). The monoisotopic (exact) mass is 429 g/mol. The number of amides is 1. The summed E-state index contributed by atoms with van der Waals surface area (Å²) in [6.45, 7) is 2.55. The van der Waals surface area contributed by atoms with Crippen LogP contribution >= 0.6 is 0 Å². The summed E-state index contributed by atoms with van der Waals surface area (Å²) >= 11 is 0. The van der Waals surface area contributed by atoms with Crippen LogP contribution in [0.5, 0.6) is 11.5 Å². The second-order valence-corrected chi connectivity index (χ2v) is 6.43. The Morgan fingerprint density at radius 3 is 2.65 bits per heavy atom. The van der Waals surface area contributed by atoms with Crippen LogP contribution in [0.1, 0.15) is 46.5 Å². The third-order valence-electron chi connectivity index (χ3n) is 4.40. The lowest BCUT2D eigenvalue weighted by atomic mass is 10.1. The largest absolute Gasteiger partial charge is 0.493 e. The van der Waals surface area contributed by atoms with Crippen LogP contribution in [0, 0.1) is 0 Å². The number of nitrogens with one attached hydrogen (secondary N) is 1. The number of esters is 1. The number of hydrogen-bond acceptors (Lipinski definition) is 9. The van der Waals surface area contributed by atoms with Crippen molar-refractivity contribution in [2.24, 2.45) is 0 Å². The van der Waals surface area contributed by atoms with Crippen LogP contribution in [0.25, 0.3) is 0 Å². The van der Waals surface area contributed by atoms with Gasteiger partial charge < -0.3 is 23.9 Å². The molecule has 2 heterocycles. The molecule has 11 nitrogen and oxygen atoms in total. The molecule has 31 heavy (non-hydrogen) atoms. The molecule has 1 aromatic carbocycles. The maximum atomic E-state index is 12.9. The van der Waals surface area contributed by atoms with Crippen molar-refractivity contribution < 1.29 is 28.2 Å². The highest BCUT2D eigenvalue weighted by Gasteiger charge is 2.22. The van der Waals surface area contributed by atoms with Gasteiger partial charge in [-0.25, -0.2) is 9.48 Å². The van der Waals surface area contributed by atoms with Gasteiger partial charge in [0.25, 0.3) is 5.91 Å². The molecule has 11 heteroatoms. The number of rotatable bonds is 10. The fraction of sp³-hybridized carbons (Fsp3) is 0.350. The number of nitrogens with zero attached hydrogens (tertiary/aromatic N) is 4. The normalized spacial score (nSPS) is 10.5. The fourth-order valence-electron chi connectivity index (χ4n) is 2.76. The van der Waals surface area contributed by atoms with E-state index in [0.717, 1.165) is 12.8 Å². The van der Waals surface area contributed by atoms with E-state index < -0.39 is 11.9 Å². The Balaban J connectivity index is 1.83. The summed E-state index contributed by atoms with van der Waals surface area (Å²) in [6, 6.07) is 5.99. The van der Waals surface area contributed by atoms with Gasteiger partial charge in [0.2, 0.25) is 0 Å². The van der Waals surface area contributed by atoms with Gasteiger partial charge in [-0.15, -0.1) is 5.10 Å². The summed E-state index contributed by atoms with van der Waals surface area (Å²) in [5, 5.41) is 14.1. The van der Waals surface area contributed by atoms with Gasteiger partial charge in [-0.05, 0) is 29.0 Å². The van der Waals surface area contributed by atoms with E-state index in [2.05, 4.69) is 27.8 Å². The maximum absolute atomic E-state index is 12.9. The highest BCUT2D eigenvalue weighted by molar-refractivity contribution is 6.07. The number of carbonyl (C=O) groups is 2. The lowest BCUT2D eigenvalue weighted by Gasteiger charge is -2.15. The number of anilines is 1. The third-order valence-corrected chi connectivity index (χ3v) is 4.40. The molecule has 0 spiro atoms. The van der Waals surface area contributed by atoms with Gasteiger partial charge in [-0.2, -0.15) is 0 Å². The van der Waals surface area contributed by atoms with Crippen molar-refractivity contribution >= 4 is 17.6 Å². The molecule has 3 aromatic rings. The lowest BCUT2D eigenvalue weighted by Crippen LogP contribution is -2.17. The molecule has 1 N–H and O–H groups in total. The molecular weight excluding hydrogens is 406 g/mol. The molecule has 0 aliphatic carbocycles. The van der Waals surface area contributed by atoms with Crippen LogP contribution < -0.4 is 14.8 Å². The van der Waals surface area contributed by atoms with Crippen molar-refractivity contribution in [2.45, 2.75) is 32.9 Å². The first-order valence-electron chi connectivity index (χ1n) is 9.60. The average molecular weight is 429 g/mol. The number of ether oxygens (including phenoxy) is 3. The predicted molar refractivity (Wildman–Crippen MR) is 108 cm³/mol. The predicted octanol–water partition coefficient (Wildman–Crippen LogP) is 2.69. The van der Waals surface area contributed by atoms with Crippen molar-refractivity contribution in [2.75, 3.05) is 19.5 Å². The first-order valence-corrected chi connectivity index (χ1v) is 9.60. The quantitative estimate of drug-likeness (QED) is 0.483. The Hall–Kier alpha value is -3.89. The minimum atomic E-state index is -0.694. The number of tetrazole rings is 1. The number of carbonyl (C=O) groups excluding carboxylic acids is 2. The first kappa shape index (κ1) is 21.8. The summed E-state index contributed by atoms with van der Waals surface area (Å²) < 4.78 is 22.6. The van der Waals surface area contributed by atoms with E-state index in [1.165, 1.54) is 38.7 Å². The van der Waals surface area contributed by atoms with E-state index in [1.807, 2.05) is 0 Å². The lowest BCUT2D eigenvalue weighted by molar-refractivity contribution is 0.0457. The minimum Gasteiger partial charge on any atom is -0.493 e. The smallest absolute Gasteiger partial charge is 0.340 e. The molecular formula is C20H23N5O6. The van der Waals surface area contributed by atoms with Crippen molar-refractivity contribution in [1.82, 2.24) is 20.2 Å². The number of aryl methyl sites for hydroxylation is 1. The highest BCUT2D eigenvalue weighted by atomic mass is 16.5. The molecule has 0 aliphatic heterocycles. The van der Waals surface area contributed by atoms with E-state index in [0.29, 0.717) is 23.9 Å². The van der Waals surface area contributed by atoms with Crippen LogP contribution in [0.2, 0.25) is 0 Å². The molecule has 3 rings (SSSR count). The van der Waals surface area contributed by atoms with Gasteiger partial charge in [0.05, 0.1) is 31.7 Å². The summed E-state index contributed by atoms with van der Waals surface area (Å²) in [5.41, 5.74) is 0.250. The molecule has 0 aliphatic rings. The van der Waals surface area contributed by atoms with Gasteiger partial charge in [0, 0.05) is 18.7 Å². The fourth-order valence-corrected chi connectivity index (χ4v) is 2.76. The second-order valence-electron chi connectivity index (χ2n) is 6.43. The Kier molecular flexibility index (Phi) is 7.20. The number of benzene rings is 1. The van der Waals surface area contributed by atoms with E-state index in [-0.39, 0.29) is 23.6 Å². The Labute approximate surface area is 178 Å². The number of methoxy groups -OCH3 is 2. The molecule has 2 aromatic heterocycles. The Morgan fingerprint density at radius 2 is 1.97 bits per heavy atom. The molecule has 0 saturated carbocycles. The summed E-state index contributed by atoms with van der Waals surface area (Å²) in [7, 11) is 2.89. The molecule has 1 amide bonds. The topological polar surface area (TPSA) is 131 Å². The van der Waals surface area contributed by atoms with Gasteiger partial charge in [-0.1, -0.05) is 13.3 Å². The van der Waals surface area contributed by atoms with Gasteiger partial charge in [-0.3, -0.25) is 4.79 Å². The number of furan rings is 1. The summed E-state index contributed by atoms with van der Waals surface area (Å²) in [4.78, 5) is 25.3. The van der Waals surface area contributed by atoms with E-state index in [9.17, 15) is 9.59 Å². The molecule has 0 bridgehead atoms. The third kappa shape index (κ3) is 5.18. The van der Waals surface area contributed by atoms with Crippen molar-refractivity contribution in [3.8, 4) is 11.5 Å². The maximum Gasteiger partial charge on any atom is 0.340 e. The number of unbranched alkanes of at least 4 members (excludes halogenated alkanes) is 1. The molecule has 0 saturated heterocycles. The van der Waals surface area contributed by atoms with Gasteiger partial charge >= 0.3 is 5.97 Å². The SMILES string of the molecule is CCCCn1nnnc1COC(=O)c1cc(OC)c(OC)cc1NC(=O)c1ccco1. The average Bonchev–Trinajstić information content (AvgIpc) is 3.47. The van der Waals surface area contributed by atoms with E-state index in [4.69, 9.17) is 18.6 Å². The van der Waals surface area contributed by atoms with Crippen LogP contribution in [0.15, 0.2) is 34.9 Å². The summed E-state index contributed by atoms with van der Waals surface area (Å²) in [6.07, 6.45) is 3.25. The van der Waals surface area contributed by atoms with E-state index >= 15 is 0 Å². The zero-order valence-corrected chi connectivity index (χ0v) is 17.5. The van der Waals surface area contributed by atoms with E-state index in [1.54, 1.807) is 10.7 Å². The van der Waals surface area contributed by atoms with Crippen LogP contribution in [0.4, 0.5) is 5.69 Å². The van der Waals surface area contributed by atoms with Crippen LogP contribution in [0.3, 0.4) is 0 Å². The Bertz CT molecular complexity index is 1030.